The molecule has 0 saturated heterocycles. The molecule has 0 spiro atoms. The average molecular weight is 540 g/mol. The first-order valence-electron chi connectivity index (χ1n) is 12.7. The summed E-state index contributed by atoms with van der Waals surface area (Å²) in [4.78, 5) is 24.9. The molecule has 1 aliphatic rings. The number of carboxylic acid groups (broad SMARTS) is 1. The molecule has 2 aromatic heterocycles. The lowest BCUT2D eigenvalue weighted by Gasteiger charge is -2.32. The fourth-order valence-electron chi connectivity index (χ4n) is 4.65. The summed E-state index contributed by atoms with van der Waals surface area (Å²) in [5.41, 5.74) is 1.49. The number of anilines is 1. The minimum atomic E-state index is -4.44. The number of benzene rings is 2. The Labute approximate surface area is 222 Å². The number of alkyl halides is 3. The summed E-state index contributed by atoms with van der Waals surface area (Å²) >= 11 is 0. The molecule has 4 aromatic rings. The van der Waals surface area contributed by atoms with E-state index in [1.807, 2.05) is 37.3 Å². The number of rotatable bonds is 10. The van der Waals surface area contributed by atoms with Gasteiger partial charge in [0.05, 0.1) is 12.2 Å². The molecule has 2 heterocycles. The van der Waals surface area contributed by atoms with Gasteiger partial charge in [0.1, 0.15) is 17.9 Å². The van der Waals surface area contributed by atoms with E-state index in [2.05, 4.69) is 20.3 Å². The molecule has 11 heteroatoms. The van der Waals surface area contributed by atoms with Gasteiger partial charge < -0.3 is 19.7 Å². The first-order chi connectivity index (χ1) is 18.7. The zero-order valence-electron chi connectivity index (χ0n) is 21.3. The monoisotopic (exact) mass is 539 g/mol. The summed E-state index contributed by atoms with van der Waals surface area (Å²) in [5, 5.41) is 13.0. The number of nitrogens with one attached hydrogen (secondary N) is 1. The number of carbonyl (C=O) groups is 1. The van der Waals surface area contributed by atoms with E-state index in [1.165, 1.54) is 12.1 Å². The number of aromatic nitrogens is 4. The van der Waals surface area contributed by atoms with E-state index in [9.17, 15) is 23.1 Å². The van der Waals surface area contributed by atoms with Crippen LogP contribution in [0.15, 0.2) is 54.6 Å². The second kappa shape index (κ2) is 11.0. The van der Waals surface area contributed by atoms with Gasteiger partial charge in [-0.3, -0.25) is 0 Å². The van der Waals surface area contributed by atoms with Crippen molar-refractivity contribution < 1.29 is 27.8 Å². The zero-order chi connectivity index (χ0) is 27.6. The summed E-state index contributed by atoms with van der Waals surface area (Å²) in [6, 6.07) is 14.5. The van der Waals surface area contributed by atoms with E-state index >= 15 is 0 Å². The summed E-state index contributed by atoms with van der Waals surface area (Å²) in [7, 11) is 0. The Hall–Kier alpha value is -3.99. The van der Waals surface area contributed by atoms with Crippen molar-refractivity contribution in [2.75, 3.05) is 5.32 Å². The van der Waals surface area contributed by atoms with Crippen molar-refractivity contribution in [2.24, 2.45) is 5.92 Å². The molecule has 1 aliphatic carbocycles. The topological polar surface area (TPSA) is 102 Å². The quantitative estimate of drug-likeness (QED) is 0.258. The first-order valence-corrected chi connectivity index (χ1v) is 12.7. The number of nitrogens with zero attached hydrogens (tertiary/aromatic N) is 4. The number of ether oxygens (including phenoxy) is 1. The van der Waals surface area contributed by atoms with Crippen LogP contribution in [0.2, 0.25) is 0 Å². The highest BCUT2D eigenvalue weighted by Crippen LogP contribution is 2.33. The predicted molar refractivity (Wildman–Crippen MR) is 138 cm³/mol. The van der Waals surface area contributed by atoms with E-state index in [1.54, 1.807) is 4.57 Å². The van der Waals surface area contributed by atoms with Crippen LogP contribution in [0.3, 0.4) is 0 Å². The van der Waals surface area contributed by atoms with Crippen LogP contribution in [0.25, 0.3) is 11.2 Å². The van der Waals surface area contributed by atoms with Crippen LogP contribution in [0, 0.1) is 5.92 Å². The van der Waals surface area contributed by atoms with Crippen LogP contribution in [0.1, 0.15) is 59.3 Å². The second-order valence-electron chi connectivity index (χ2n) is 9.78. The highest BCUT2D eigenvalue weighted by molar-refractivity contribution is 5.90. The Morgan fingerprint density at radius 1 is 1.05 bits per heavy atom. The van der Waals surface area contributed by atoms with Crippen LogP contribution >= 0.6 is 0 Å². The lowest BCUT2D eigenvalue weighted by atomic mass is 9.80. The minimum absolute atomic E-state index is 0.0331. The van der Waals surface area contributed by atoms with Crippen LogP contribution < -0.4 is 5.32 Å². The van der Waals surface area contributed by atoms with Crippen molar-refractivity contribution in [3.8, 4) is 0 Å². The van der Waals surface area contributed by atoms with Gasteiger partial charge in [0, 0.05) is 12.6 Å². The predicted octanol–water partition coefficient (Wildman–Crippen LogP) is 5.91. The molecule has 8 nitrogen and oxygen atoms in total. The number of halogens is 3. The number of hydrogen-bond donors (Lipinski definition) is 2. The molecule has 2 aromatic carbocycles. The molecular weight excluding hydrogens is 511 g/mol. The Kier molecular flexibility index (Phi) is 7.51. The van der Waals surface area contributed by atoms with Gasteiger partial charge in [0.2, 0.25) is 5.82 Å². The number of hydrogen-bond acceptors (Lipinski definition) is 6. The molecular formula is C28H28F3N5O3. The van der Waals surface area contributed by atoms with Crippen LogP contribution in [-0.4, -0.2) is 36.6 Å². The van der Waals surface area contributed by atoms with Crippen molar-refractivity contribution in [3.63, 3.8) is 0 Å². The van der Waals surface area contributed by atoms with Crippen LogP contribution in [0.4, 0.5) is 19.0 Å². The van der Waals surface area contributed by atoms with Gasteiger partial charge >= 0.3 is 12.1 Å². The second-order valence-corrected chi connectivity index (χ2v) is 9.78. The van der Waals surface area contributed by atoms with Crippen molar-refractivity contribution in [1.29, 1.82) is 0 Å². The van der Waals surface area contributed by atoms with Crippen molar-refractivity contribution in [2.45, 2.75) is 58.2 Å². The van der Waals surface area contributed by atoms with Gasteiger partial charge in [-0.1, -0.05) is 48.9 Å². The Morgan fingerprint density at radius 2 is 1.77 bits per heavy atom. The van der Waals surface area contributed by atoms with Crippen LogP contribution in [0.5, 0.6) is 0 Å². The number of fused-ring (bicyclic) bond motifs is 1. The maximum atomic E-state index is 13.1. The van der Waals surface area contributed by atoms with Gasteiger partial charge in [0.25, 0.3) is 0 Å². The Balaban J connectivity index is 1.54. The zero-order valence-corrected chi connectivity index (χ0v) is 21.3. The molecule has 39 heavy (non-hydrogen) atoms. The molecule has 0 bridgehead atoms. The summed E-state index contributed by atoms with van der Waals surface area (Å²) in [6.07, 6.45) is -1.16. The minimum Gasteiger partial charge on any atom is -0.475 e. The van der Waals surface area contributed by atoms with Gasteiger partial charge in [-0.25, -0.2) is 19.7 Å². The third-order valence-corrected chi connectivity index (χ3v) is 7.06. The molecule has 0 aliphatic heterocycles. The third-order valence-electron chi connectivity index (χ3n) is 7.06. The highest BCUT2D eigenvalue weighted by atomic mass is 19.4. The number of imidazole rings is 1. The average Bonchev–Trinajstić information content (AvgIpc) is 3.20. The van der Waals surface area contributed by atoms with Gasteiger partial charge in [-0.15, -0.1) is 0 Å². The normalized spacial score (nSPS) is 14.8. The Bertz CT molecular complexity index is 1450. The molecule has 1 saturated carbocycles. The van der Waals surface area contributed by atoms with Crippen molar-refractivity contribution in [3.05, 3.63) is 82.9 Å². The lowest BCUT2D eigenvalue weighted by Crippen LogP contribution is -2.31. The first kappa shape index (κ1) is 26.6. The van der Waals surface area contributed by atoms with E-state index < -0.39 is 17.7 Å². The standard InChI is InChI=1S/C28H28F3N5O3/c1-17(20-8-5-9-20)32-24-23-25(35-26(34-24)27(37)38)33-22(16-39-15-19-6-3-2-4-7-19)36(23)14-18-10-12-21(13-11-18)28(29,30)31/h2-4,6-7,10-13,17,20H,5,8-9,14-16H2,1H3,(H,37,38)(H,32,34,35)/t17-/m1/s1. The molecule has 5 rings (SSSR count). The van der Waals surface area contributed by atoms with Crippen molar-refractivity contribution >= 4 is 23.0 Å². The van der Waals surface area contributed by atoms with Gasteiger partial charge in [0.15, 0.2) is 11.5 Å². The number of carboxylic acids is 1. The summed E-state index contributed by atoms with van der Waals surface area (Å²) < 4.78 is 47.1. The van der Waals surface area contributed by atoms with E-state index in [-0.39, 0.29) is 30.7 Å². The maximum absolute atomic E-state index is 13.1. The van der Waals surface area contributed by atoms with E-state index in [0.717, 1.165) is 37.0 Å². The molecule has 0 amide bonds. The molecule has 1 atom stereocenters. The van der Waals surface area contributed by atoms with Gasteiger partial charge in [-0.05, 0) is 48.9 Å². The molecule has 0 radical (unpaired) electrons. The molecule has 204 valence electrons. The SMILES string of the molecule is C[C@@H](Nc1nc(C(=O)O)nc2nc(COCc3ccccc3)n(Cc3ccc(C(F)(F)F)cc3)c12)C1CCC1. The van der Waals surface area contributed by atoms with Crippen LogP contribution in [-0.2, 0) is 30.7 Å². The van der Waals surface area contributed by atoms with Crippen molar-refractivity contribution in [1.82, 2.24) is 19.5 Å². The fourth-order valence-corrected chi connectivity index (χ4v) is 4.65. The number of aromatic carboxylic acids is 1. The Morgan fingerprint density at radius 3 is 2.38 bits per heavy atom. The molecule has 1 fully saturated rings. The van der Waals surface area contributed by atoms with E-state index in [4.69, 9.17) is 4.74 Å². The van der Waals surface area contributed by atoms with E-state index in [0.29, 0.717) is 35.2 Å². The highest BCUT2D eigenvalue weighted by Gasteiger charge is 2.30. The van der Waals surface area contributed by atoms with Gasteiger partial charge in [-0.2, -0.15) is 13.2 Å². The molecule has 2 N–H and O–H groups in total. The molecule has 0 unspecified atom stereocenters. The third kappa shape index (κ3) is 6.03. The smallest absolute Gasteiger partial charge is 0.416 e. The maximum Gasteiger partial charge on any atom is 0.416 e. The summed E-state index contributed by atoms with van der Waals surface area (Å²) in [6.45, 7) is 2.59. The fraction of sp³-hybridized carbons (Fsp3) is 0.357. The lowest BCUT2D eigenvalue weighted by molar-refractivity contribution is -0.137. The largest absolute Gasteiger partial charge is 0.475 e. The summed E-state index contributed by atoms with van der Waals surface area (Å²) in [5.74, 6) is -0.456.